The van der Waals surface area contributed by atoms with Crippen molar-refractivity contribution in [3.8, 4) is 5.75 Å². The largest absolute Gasteiger partial charge is 0.487 e. The first kappa shape index (κ1) is 19.5. The Hall–Kier alpha value is -4.45. The standard InChI is InChI=1S/C26H21N5O/c1-2-7-26(32-17-23-6-3-4-14-27-23)20(5-1)10-12-22-16-21(30-31-22)11-8-19-9-13-24-25(15-19)29-18-28-24/h1-16,18H,17H2,(H,28,29)(H,30,31)/b11-8+,12-10+. The predicted molar refractivity (Wildman–Crippen MR) is 128 cm³/mol. The first-order valence-corrected chi connectivity index (χ1v) is 10.3. The van der Waals surface area contributed by atoms with Crippen molar-refractivity contribution < 1.29 is 4.74 Å². The summed E-state index contributed by atoms with van der Waals surface area (Å²) < 4.78 is 5.97. The SMILES string of the molecule is C(=C\c1cc(/C=C/c2ccccc2OCc2ccccn2)[nH]n1)/c1ccc2nc[nH]c2c1. The summed E-state index contributed by atoms with van der Waals surface area (Å²) in [6.45, 7) is 0.426. The molecule has 3 aromatic heterocycles. The number of benzene rings is 2. The third-order valence-electron chi connectivity index (χ3n) is 4.97. The van der Waals surface area contributed by atoms with Gasteiger partial charge in [0, 0.05) is 11.8 Å². The molecular weight excluding hydrogens is 398 g/mol. The van der Waals surface area contributed by atoms with Gasteiger partial charge in [-0.3, -0.25) is 10.1 Å². The molecule has 0 saturated heterocycles. The van der Waals surface area contributed by atoms with Crippen LogP contribution in [0.15, 0.2) is 79.3 Å². The van der Waals surface area contributed by atoms with Crippen molar-refractivity contribution in [2.24, 2.45) is 0 Å². The molecule has 0 aliphatic heterocycles. The first-order valence-electron chi connectivity index (χ1n) is 10.3. The van der Waals surface area contributed by atoms with Crippen molar-refractivity contribution in [3.63, 3.8) is 0 Å². The van der Waals surface area contributed by atoms with Gasteiger partial charge in [-0.25, -0.2) is 4.98 Å². The minimum absolute atomic E-state index is 0.426. The second-order valence-corrected chi connectivity index (χ2v) is 7.24. The number of H-pyrrole nitrogens is 2. The molecule has 0 spiro atoms. The van der Waals surface area contributed by atoms with Gasteiger partial charge in [-0.1, -0.05) is 36.4 Å². The summed E-state index contributed by atoms with van der Waals surface area (Å²) in [7, 11) is 0. The third-order valence-corrected chi connectivity index (χ3v) is 4.97. The highest BCUT2D eigenvalue weighted by molar-refractivity contribution is 5.80. The Kier molecular flexibility index (Phi) is 5.57. The van der Waals surface area contributed by atoms with Crippen LogP contribution in [0.2, 0.25) is 0 Å². The van der Waals surface area contributed by atoms with Gasteiger partial charge in [0.2, 0.25) is 0 Å². The molecule has 0 aliphatic rings. The first-order chi connectivity index (χ1) is 15.8. The number of nitrogens with zero attached hydrogens (tertiary/aromatic N) is 3. The van der Waals surface area contributed by atoms with Gasteiger partial charge in [-0.05, 0) is 60.2 Å². The molecule has 0 radical (unpaired) electrons. The highest BCUT2D eigenvalue weighted by atomic mass is 16.5. The third kappa shape index (κ3) is 4.65. The quantitative estimate of drug-likeness (QED) is 0.360. The van der Waals surface area contributed by atoms with E-state index in [2.05, 4.69) is 31.2 Å². The van der Waals surface area contributed by atoms with E-state index in [1.54, 1.807) is 12.5 Å². The van der Waals surface area contributed by atoms with E-state index < -0.39 is 0 Å². The molecular formula is C26H21N5O. The molecule has 6 heteroatoms. The second kappa shape index (κ2) is 9.14. The normalized spacial score (nSPS) is 11.6. The van der Waals surface area contributed by atoms with Crippen LogP contribution in [0.25, 0.3) is 35.3 Å². The zero-order valence-electron chi connectivity index (χ0n) is 17.3. The maximum Gasteiger partial charge on any atom is 0.130 e. The number of para-hydroxylation sites is 1. The van der Waals surface area contributed by atoms with Gasteiger partial charge in [-0.15, -0.1) is 0 Å². The van der Waals surface area contributed by atoms with Gasteiger partial charge in [0.15, 0.2) is 0 Å². The second-order valence-electron chi connectivity index (χ2n) is 7.24. The Morgan fingerprint density at radius 1 is 0.844 bits per heavy atom. The van der Waals surface area contributed by atoms with Crippen molar-refractivity contribution >= 4 is 35.3 Å². The van der Waals surface area contributed by atoms with E-state index in [9.17, 15) is 0 Å². The molecule has 3 heterocycles. The monoisotopic (exact) mass is 419 g/mol. The Morgan fingerprint density at radius 2 is 1.78 bits per heavy atom. The Bertz CT molecular complexity index is 1380. The highest BCUT2D eigenvalue weighted by Crippen LogP contribution is 2.22. The number of aromatic nitrogens is 5. The fourth-order valence-corrected chi connectivity index (χ4v) is 3.33. The Morgan fingerprint density at radius 3 is 2.72 bits per heavy atom. The lowest BCUT2D eigenvalue weighted by Gasteiger charge is -2.08. The lowest BCUT2D eigenvalue weighted by Crippen LogP contribution is -1.98. The van der Waals surface area contributed by atoms with Gasteiger partial charge in [-0.2, -0.15) is 5.10 Å². The van der Waals surface area contributed by atoms with E-state index >= 15 is 0 Å². The molecule has 0 fully saturated rings. The van der Waals surface area contributed by atoms with Crippen LogP contribution in [-0.2, 0) is 6.61 Å². The summed E-state index contributed by atoms with van der Waals surface area (Å²) in [5.74, 6) is 0.809. The summed E-state index contributed by atoms with van der Waals surface area (Å²) in [5, 5.41) is 7.43. The molecule has 2 N–H and O–H groups in total. The molecule has 0 unspecified atom stereocenters. The average Bonchev–Trinajstić information content (AvgIpc) is 3.50. The van der Waals surface area contributed by atoms with Crippen LogP contribution >= 0.6 is 0 Å². The predicted octanol–water partition coefficient (Wildman–Crippen LogP) is 5.60. The molecule has 6 nitrogen and oxygen atoms in total. The number of hydrogen-bond acceptors (Lipinski definition) is 4. The fourth-order valence-electron chi connectivity index (χ4n) is 3.33. The maximum atomic E-state index is 5.97. The summed E-state index contributed by atoms with van der Waals surface area (Å²) in [5.41, 5.74) is 6.70. The van der Waals surface area contributed by atoms with Crippen LogP contribution in [0.3, 0.4) is 0 Å². The van der Waals surface area contributed by atoms with Crippen LogP contribution in [0, 0.1) is 0 Å². The van der Waals surface area contributed by atoms with E-state index in [0.29, 0.717) is 6.61 Å². The number of fused-ring (bicyclic) bond motifs is 1. The minimum Gasteiger partial charge on any atom is -0.487 e. The van der Waals surface area contributed by atoms with Crippen molar-refractivity contribution in [1.29, 1.82) is 0 Å². The highest BCUT2D eigenvalue weighted by Gasteiger charge is 2.02. The molecule has 5 aromatic rings. The van der Waals surface area contributed by atoms with E-state index in [-0.39, 0.29) is 0 Å². The van der Waals surface area contributed by atoms with E-state index in [4.69, 9.17) is 4.74 Å². The van der Waals surface area contributed by atoms with E-state index in [1.807, 2.05) is 85.0 Å². The van der Waals surface area contributed by atoms with Crippen molar-refractivity contribution in [3.05, 3.63) is 107 Å². The number of imidazole rings is 1. The average molecular weight is 419 g/mol. The lowest BCUT2D eigenvalue weighted by atomic mass is 10.1. The Labute approximate surface area is 185 Å². The molecule has 0 amide bonds. The van der Waals surface area contributed by atoms with Gasteiger partial charge in [0.1, 0.15) is 12.4 Å². The van der Waals surface area contributed by atoms with Crippen molar-refractivity contribution in [2.45, 2.75) is 6.61 Å². The topological polar surface area (TPSA) is 79.5 Å². The molecule has 2 aromatic carbocycles. The number of hydrogen-bond donors (Lipinski definition) is 2. The van der Waals surface area contributed by atoms with Crippen LogP contribution in [-0.4, -0.2) is 25.1 Å². The minimum atomic E-state index is 0.426. The molecule has 0 saturated carbocycles. The zero-order valence-corrected chi connectivity index (χ0v) is 17.3. The number of pyridine rings is 1. The summed E-state index contributed by atoms with van der Waals surface area (Å²) in [6.07, 6.45) is 11.5. The number of ether oxygens (including phenoxy) is 1. The van der Waals surface area contributed by atoms with Gasteiger partial charge < -0.3 is 9.72 Å². The number of rotatable bonds is 7. The van der Waals surface area contributed by atoms with Crippen LogP contribution in [0.1, 0.15) is 28.2 Å². The van der Waals surface area contributed by atoms with Crippen LogP contribution < -0.4 is 4.74 Å². The van der Waals surface area contributed by atoms with Crippen LogP contribution in [0.5, 0.6) is 5.75 Å². The van der Waals surface area contributed by atoms with E-state index in [1.165, 1.54) is 0 Å². The smallest absolute Gasteiger partial charge is 0.130 e. The van der Waals surface area contributed by atoms with Crippen LogP contribution in [0.4, 0.5) is 0 Å². The summed E-state index contributed by atoms with van der Waals surface area (Å²) in [4.78, 5) is 11.7. The number of aromatic amines is 2. The number of nitrogens with one attached hydrogen (secondary N) is 2. The Balaban J connectivity index is 1.26. The maximum absolute atomic E-state index is 5.97. The van der Waals surface area contributed by atoms with Crippen molar-refractivity contribution in [1.82, 2.24) is 25.1 Å². The zero-order chi connectivity index (χ0) is 21.6. The lowest BCUT2D eigenvalue weighted by molar-refractivity contribution is 0.300. The molecule has 156 valence electrons. The summed E-state index contributed by atoms with van der Waals surface area (Å²) in [6, 6.07) is 21.8. The molecule has 0 atom stereocenters. The molecule has 0 aliphatic carbocycles. The molecule has 0 bridgehead atoms. The van der Waals surface area contributed by atoms with Gasteiger partial charge in [0.05, 0.1) is 34.4 Å². The van der Waals surface area contributed by atoms with E-state index in [0.717, 1.165) is 45.0 Å². The fraction of sp³-hybridized carbons (Fsp3) is 0.0385. The molecule has 32 heavy (non-hydrogen) atoms. The van der Waals surface area contributed by atoms with Gasteiger partial charge >= 0.3 is 0 Å². The summed E-state index contributed by atoms with van der Waals surface area (Å²) >= 11 is 0. The van der Waals surface area contributed by atoms with Gasteiger partial charge in [0.25, 0.3) is 0 Å². The van der Waals surface area contributed by atoms with Crippen molar-refractivity contribution in [2.75, 3.05) is 0 Å². The molecule has 5 rings (SSSR count).